The van der Waals surface area contributed by atoms with E-state index in [1.807, 2.05) is 38.2 Å². The van der Waals surface area contributed by atoms with Gasteiger partial charge in [-0.2, -0.15) is 0 Å². The van der Waals surface area contributed by atoms with Crippen LogP contribution in [0.4, 0.5) is 5.82 Å². The van der Waals surface area contributed by atoms with Crippen LogP contribution in [-0.2, 0) is 0 Å². The van der Waals surface area contributed by atoms with E-state index in [4.69, 9.17) is 4.74 Å². The number of rotatable bonds is 3. The van der Waals surface area contributed by atoms with E-state index in [1.54, 1.807) is 19.5 Å². The maximum atomic E-state index is 5.42. The van der Waals surface area contributed by atoms with Crippen molar-refractivity contribution in [3.63, 3.8) is 0 Å². The summed E-state index contributed by atoms with van der Waals surface area (Å²) < 4.78 is 5.42. The topological polar surface area (TPSA) is 59.9 Å². The lowest BCUT2D eigenvalue weighted by Crippen LogP contribution is -1.99. The maximum absolute atomic E-state index is 5.42. The first-order valence-electron chi connectivity index (χ1n) is 6.68. The molecule has 0 bridgehead atoms. The van der Waals surface area contributed by atoms with E-state index in [-0.39, 0.29) is 0 Å². The maximum Gasteiger partial charge on any atom is 0.152 e. The Kier molecular flexibility index (Phi) is 3.39. The van der Waals surface area contributed by atoms with E-state index in [0.717, 1.165) is 39.4 Å². The first kappa shape index (κ1) is 13.3. The van der Waals surface area contributed by atoms with Gasteiger partial charge in [-0.15, -0.1) is 0 Å². The number of aromatic nitrogens is 3. The molecule has 0 saturated carbocycles. The number of aryl methyl sites for hydroxylation is 1. The lowest BCUT2D eigenvalue weighted by Gasteiger charge is -2.12. The number of pyridine rings is 1. The standard InChI is InChI=1S/C16H16N4O/c1-10-4-5-11-12(6-7-13(21-3)14(11)20-10)15-16(17-2)19-9-8-18-15/h4-9H,1-3H3,(H,17,19). The summed E-state index contributed by atoms with van der Waals surface area (Å²) in [4.78, 5) is 13.4. The van der Waals surface area contributed by atoms with Gasteiger partial charge in [0, 0.05) is 36.1 Å². The second kappa shape index (κ2) is 5.36. The zero-order valence-electron chi connectivity index (χ0n) is 12.2. The zero-order chi connectivity index (χ0) is 14.8. The SMILES string of the molecule is CNc1nccnc1-c1ccc(OC)c2nc(C)ccc12. The van der Waals surface area contributed by atoms with E-state index < -0.39 is 0 Å². The van der Waals surface area contributed by atoms with Crippen LogP contribution in [0.25, 0.3) is 22.2 Å². The molecule has 0 atom stereocenters. The Hall–Kier alpha value is -2.69. The summed E-state index contributed by atoms with van der Waals surface area (Å²) in [6.45, 7) is 1.97. The normalized spacial score (nSPS) is 10.6. The van der Waals surface area contributed by atoms with E-state index in [9.17, 15) is 0 Å². The predicted octanol–water partition coefficient (Wildman–Crippen LogP) is 3.05. The average molecular weight is 280 g/mol. The Morgan fingerprint density at radius 3 is 2.62 bits per heavy atom. The molecule has 0 amide bonds. The van der Waals surface area contributed by atoms with Crippen LogP contribution in [0.5, 0.6) is 5.75 Å². The second-order valence-electron chi connectivity index (χ2n) is 4.67. The molecular weight excluding hydrogens is 264 g/mol. The first-order valence-corrected chi connectivity index (χ1v) is 6.68. The van der Waals surface area contributed by atoms with Crippen LogP contribution in [-0.4, -0.2) is 29.1 Å². The number of nitrogens with one attached hydrogen (secondary N) is 1. The summed E-state index contributed by atoms with van der Waals surface area (Å²) in [6, 6.07) is 7.94. The van der Waals surface area contributed by atoms with Crippen LogP contribution >= 0.6 is 0 Å². The molecule has 5 nitrogen and oxygen atoms in total. The minimum Gasteiger partial charge on any atom is -0.494 e. The third-order valence-electron chi connectivity index (χ3n) is 3.37. The summed E-state index contributed by atoms with van der Waals surface area (Å²) in [6.07, 6.45) is 3.36. The van der Waals surface area contributed by atoms with Crippen molar-refractivity contribution in [2.24, 2.45) is 0 Å². The van der Waals surface area contributed by atoms with E-state index >= 15 is 0 Å². The van der Waals surface area contributed by atoms with Crippen molar-refractivity contribution in [2.45, 2.75) is 6.92 Å². The Morgan fingerprint density at radius 2 is 1.86 bits per heavy atom. The van der Waals surface area contributed by atoms with E-state index in [0.29, 0.717) is 0 Å². The van der Waals surface area contributed by atoms with Crippen LogP contribution in [0.15, 0.2) is 36.7 Å². The van der Waals surface area contributed by atoms with Gasteiger partial charge in [0.2, 0.25) is 0 Å². The van der Waals surface area contributed by atoms with Gasteiger partial charge in [0.05, 0.1) is 7.11 Å². The highest BCUT2D eigenvalue weighted by atomic mass is 16.5. The molecular formula is C16H16N4O. The Labute approximate surface area is 123 Å². The highest BCUT2D eigenvalue weighted by Gasteiger charge is 2.13. The average Bonchev–Trinajstić information content (AvgIpc) is 2.53. The third kappa shape index (κ3) is 2.27. The minimum absolute atomic E-state index is 0.740. The number of nitrogens with zero attached hydrogens (tertiary/aromatic N) is 3. The van der Waals surface area contributed by atoms with Crippen molar-refractivity contribution in [2.75, 3.05) is 19.5 Å². The Bertz CT molecular complexity index is 801. The number of hydrogen-bond acceptors (Lipinski definition) is 5. The van der Waals surface area contributed by atoms with Crippen molar-refractivity contribution >= 4 is 16.7 Å². The largest absolute Gasteiger partial charge is 0.494 e. The molecule has 0 fully saturated rings. The van der Waals surface area contributed by atoms with Crippen LogP contribution in [0, 0.1) is 6.92 Å². The molecule has 1 aromatic carbocycles. The number of hydrogen-bond donors (Lipinski definition) is 1. The molecule has 0 unspecified atom stereocenters. The molecule has 0 saturated heterocycles. The van der Waals surface area contributed by atoms with Gasteiger partial charge >= 0.3 is 0 Å². The second-order valence-corrected chi connectivity index (χ2v) is 4.67. The molecule has 0 aliphatic carbocycles. The highest BCUT2D eigenvalue weighted by Crippen LogP contribution is 2.34. The summed E-state index contributed by atoms with van der Waals surface area (Å²) in [5, 5.41) is 4.07. The van der Waals surface area contributed by atoms with Crippen LogP contribution < -0.4 is 10.1 Å². The minimum atomic E-state index is 0.740. The number of methoxy groups -OCH3 is 1. The molecule has 0 aliphatic heterocycles. The van der Waals surface area contributed by atoms with Gasteiger partial charge in [0.15, 0.2) is 5.82 Å². The molecule has 106 valence electrons. The molecule has 0 radical (unpaired) electrons. The van der Waals surface area contributed by atoms with Gasteiger partial charge in [0.25, 0.3) is 0 Å². The summed E-state index contributed by atoms with van der Waals surface area (Å²) >= 11 is 0. The van der Waals surface area contributed by atoms with Gasteiger partial charge in [-0.1, -0.05) is 6.07 Å². The molecule has 0 spiro atoms. The molecule has 0 aliphatic rings. The zero-order valence-corrected chi connectivity index (χ0v) is 12.2. The molecule has 2 aromatic heterocycles. The third-order valence-corrected chi connectivity index (χ3v) is 3.37. The van der Waals surface area contributed by atoms with Crippen molar-refractivity contribution in [1.29, 1.82) is 0 Å². The van der Waals surface area contributed by atoms with Crippen molar-refractivity contribution in [3.05, 3.63) is 42.4 Å². The smallest absolute Gasteiger partial charge is 0.152 e. The fraction of sp³-hybridized carbons (Fsp3) is 0.188. The van der Waals surface area contributed by atoms with Crippen LogP contribution in [0.2, 0.25) is 0 Å². The Morgan fingerprint density at radius 1 is 1.05 bits per heavy atom. The van der Waals surface area contributed by atoms with Crippen molar-refractivity contribution < 1.29 is 4.74 Å². The van der Waals surface area contributed by atoms with Gasteiger partial charge in [0.1, 0.15) is 17.0 Å². The molecule has 1 N–H and O–H groups in total. The van der Waals surface area contributed by atoms with E-state index in [2.05, 4.69) is 20.3 Å². The number of ether oxygens (including phenoxy) is 1. The van der Waals surface area contributed by atoms with Crippen molar-refractivity contribution in [1.82, 2.24) is 15.0 Å². The number of benzene rings is 1. The van der Waals surface area contributed by atoms with Crippen molar-refractivity contribution in [3.8, 4) is 17.0 Å². The van der Waals surface area contributed by atoms with Gasteiger partial charge in [-0.05, 0) is 25.1 Å². The van der Waals surface area contributed by atoms with Gasteiger partial charge in [-0.3, -0.25) is 4.98 Å². The predicted molar refractivity (Wildman–Crippen MR) is 83.6 cm³/mol. The van der Waals surface area contributed by atoms with Gasteiger partial charge < -0.3 is 10.1 Å². The molecule has 3 aromatic rings. The lowest BCUT2D eigenvalue weighted by molar-refractivity contribution is 0.419. The molecule has 3 rings (SSSR count). The van der Waals surface area contributed by atoms with Crippen LogP contribution in [0.3, 0.4) is 0 Å². The lowest BCUT2D eigenvalue weighted by atomic mass is 10.0. The molecule has 2 heterocycles. The number of anilines is 1. The number of fused-ring (bicyclic) bond motifs is 1. The quantitative estimate of drug-likeness (QED) is 0.799. The first-order chi connectivity index (χ1) is 10.2. The molecule has 5 heteroatoms. The van der Waals surface area contributed by atoms with E-state index in [1.165, 1.54) is 0 Å². The summed E-state index contributed by atoms with van der Waals surface area (Å²) in [7, 11) is 3.49. The van der Waals surface area contributed by atoms with Crippen LogP contribution in [0.1, 0.15) is 5.69 Å². The fourth-order valence-corrected chi connectivity index (χ4v) is 2.38. The Balaban J connectivity index is 2.34. The highest BCUT2D eigenvalue weighted by molar-refractivity contribution is 5.99. The summed E-state index contributed by atoms with van der Waals surface area (Å²) in [5.74, 6) is 1.50. The monoisotopic (exact) mass is 280 g/mol. The fourth-order valence-electron chi connectivity index (χ4n) is 2.38. The van der Waals surface area contributed by atoms with Gasteiger partial charge in [-0.25, -0.2) is 9.97 Å². The summed E-state index contributed by atoms with van der Waals surface area (Å²) in [5.41, 5.74) is 3.57. The molecule has 21 heavy (non-hydrogen) atoms.